The highest BCUT2D eigenvalue weighted by molar-refractivity contribution is 7.85. The first kappa shape index (κ1) is 28.3. The standard InChI is InChI=1S/C22H45NO5S/c1-6-7-8-9-10-11-12-13-14-15-17-20(2)23(4,5)22(3,21(24)25)18-16-19-29(26,27)28/h20H,6-19H2,1-5H3,(H-,24,25,26,27,28)/p+1. The molecule has 2 unspecified atom stereocenters. The second-order valence-electron chi connectivity index (χ2n) is 9.33. The molecule has 0 saturated heterocycles. The van der Waals surface area contributed by atoms with E-state index in [1.54, 1.807) is 6.92 Å². The fraction of sp³-hybridized carbons (Fsp3) is 0.955. The first-order valence-corrected chi connectivity index (χ1v) is 13.0. The zero-order valence-electron chi connectivity index (χ0n) is 19.5. The van der Waals surface area contributed by atoms with Crippen molar-refractivity contribution >= 4 is 16.1 Å². The van der Waals surface area contributed by atoms with Crippen LogP contribution in [-0.4, -0.2) is 60.0 Å². The quantitative estimate of drug-likeness (QED) is 0.173. The summed E-state index contributed by atoms with van der Waals surface area (Å²) in [6, 6.07) is 0.149. The highest BCUT2D eigenvalue weighted by Gasteiger charge is 2.50. The van der Waals surface area contributed by atoms with Crippen LogP contribution in [0, 0.1) is 0 Å². The molecule has 174 valence electrons. The third kappa shape index (κ3) is 10.8. The lowest BCUT2D eigenvalue weighted by atomic mass is 9.89. The fourth-order valence-electron chi connectivity index (χ4n) is 3.98. The van der Waals surface area contributed by atoms with Gasteiger partial charge < -0.3 is 9.59 Å². The van der Waals surface area contributed by atoms with Gasteiger partial charge in [-0.2, -0.15) is 8.42 Å². The molecule has 7 heteroatoms. The Bertz CT molecular complexity index is 562. The van der Waals surface area contributed by atoms with E-state index in [9.17, 15) is 18.3 Å². The third-order valence-corrected chi connectivity index (χ3v) is 7.68. The molecule has 2 atom stereocenters. The van der Waals surface area contributed by atoms with E-state index >= 15 is 0 Å². The zero-order chi connectivity index (χ0) is 22.6. The average molecular weight is 437 g/mol. The molecule has 2 N–H and O–H groups in total. The lowest BCUT2D eigenvalue weighted by Crippen LogP contribution is -2.66. The number of likely N-dealkylation sites (N-methyl/N-ethyl adjacent to an activating group) is 1. The molecule has 0 aliphatic heterocycles. The van der Waals surface area contributed by atoms with Gasteiger partial charge in [-0.05, 0) is 26.2 Å². The number of quaternary nitrogens is 1. The molecule has 0 aromatic carbocycles. The Kier molecular flexibility index (Phi) is 13.3. The second kappa shape index (κ2) is 13.6. The summed E-state index contributed by atoms with van der Waals surface area (Å²) in [6.07, 6.45) is 14.0. The summed E-state index contributed by atoms with van der Waals surface area (Å²) in [7, 11) is -0.232. The molecule has 0 rings (SSSR count). The number of carboxylic acids is 1. The van der Waals surface area contributed by atoms with E-state index in [1.165, 1.54) is 57.8 Å². The highest BCUT2D eigenvalue weighted by Crippen LogP contribution is 2.32. The summed E-state index contributed by atoms with van der Waals surface area (Å²) < 4.78 is 31.2. The molecule has 0 heterocycles. The van der Waals surface area contributed by atoms with Gasteiger partial charge in [0.1, 0.15) is 0 Å². The normalized spacial score (nSPS) is 15.8. The van der Waals surface area contributed by atoms with Crippen LogP contribution in [0.2, 0.25) is 0 Å². The summed E-state index contributed by atoms with van der Waals surface area (Å²) in [5.74, 6) is -1.32. The molecule has 0 aliphatic rings. The molecule has 0 amide bonds. The van der Waals surface area contributed by atoms with Crippen LogP contribution >= 0.6 is 0 Å². The molecule has 0 spiro atoms. The topological polar surface area (TPSA) is 91.7 Å². The van der Waals surface area contributed by atoms with Crippen LogP contribution < -0.4 is 0 Å². The molecular formula is C22H46NO5S+. The summed E-state index contributed by atoms with van der Waals surface area (Å²) >= 11 is 0. The van der Waals surface area contributed by atoms with Crippen molar-refractivity contribution in [2.24, 2.45) is 0 Å². The van der Waals surface area contributed by atoms with Gasteiger partial charge in [-0.15, -0.1) is 0 Å². The predicted molar refractivity (Wildman–Crippen MR) is 120 cm³/mol. The number of aliphatic carboxylic acids is 1. The van der Waals surface area contributed by atoms with Crippen molar-refractivity contribution in [3.05, 3.63) is 0 Å². The maximum Gasteiger partial charge on any atom is 0.365 e. The van der Waals surface area contributed by atoms with Crippen molar-refractivity contribution in [2.45, 2.75) is 116 Å². The van der Waals surface area contributed by atoms with Gasteiger partial charge in [0.25, 0.3) is 10.1 Å². The molecule has 0 radical (unpaired) electrons. The van der Waals surface area contributed by atoms with E-state index in [1.807, 2.05) is 14.1 Å². The van der Waals surface area contributed by atoms with Gasteiger partial charge in [0, 0.05) is 13.3 Å². The monoisotopic (exact) mass is 436 g/mol. The molecule has 0 aromatic heterocycles. The number of hydrogen-bond acceptors (Lipinski definition) is 3. The molecule has 0 saturated carbocycles. The van der Waals surface area contributed by atoms with Crippen LogP contribution in [0.3, 0.4) is 0 Å². The van der Waals surface area contributed by atoms with E-state index in [2.05, 4.69) is 13.8 Å². The average Bonchev–Trinajstić information content (AvgIpc) is 2.61. The Labute approximate surface area is 179 Å². The van der Waals surface area contributed by atoms with Crippen molar-refractivity contribution < 1.29 is 27.4 Å². The van der Waals surface area contributed by atoms with Crippen molar-refractivity contribution in [1.82, 2.24) is 0 Å². The number of carboxylic acid groups (broad SMARTS) is 1. The van der Waals surface area contributed by atoms with Crippen LogP contribution in [-0.2, 0) is 14.9 Å². The maximum atomic E-state index is 12.0. The van der Waals surface area contributed by atoms with Crippen LogP contribution in [0.25, 0.3) is 0 Å². The molecule has 0 aromatic rings. The van der Waals surface area contributed by atoms with Crippen molar-refractivity contribution in [2.75, 3.05) is 19.8 Å². The molecule has 0 bridgehead atoms. The van der Waals surface area contributed by atoms with Gasteiger partial charge in [-0.3, -0.25) is 4.55 Å². The van der Waals surface area contributed by atoms with Gasteiger partial charge in [-0.25, -0.2) is 4.79 Å². The number of hydrogen-bond donors (Lipinski definition) is 2. The minimum Gasteiger partial charge on any atom is -0.477 e. The number of rotatable bonds is 18. The Hall–Kier alpha value is -0.660. The SMILES string of the molecule is CCCCCCCCCCCCC(C)[N+](C)(C)C(C)(CCCS(=O)(=O)O)C(=O)O. The van der Waals surface area contributed by atoms with Crippen molar-refractivity contribution in [1.29, 1.82) is 0 Å². The van der Waals surface area contributed by atoms with Crippen molar-refractivity contribution in [3.63, 3.8) is 0 Å². The minimum absolute atomic E-state index is 0.133. The van der Waals surface area contributed by atoms with Crippen molar-refractivity contribution in [3.8, 4) is 0 Å². The van der Waals surface area contributed by atoms with Gasteiger partial charge in [0.15, 0.2) is 5.54 Å². The van der Waals surface area contributed by atoms with E-state index in [-0.39, 0.29) is 18.9 Å². The Balaban J connectivity index is 4.40. The van der Waals surface area contributed by atoms with E-state index in [0.717, 1.165) is 12.8 Å². The summed E-state index contributed by atoms with van der Waals surface area (Å²) in [5, 5.41) is 9.86. The van der Waals surface area contributed by atoms with Crippen LogP contribution in [0.15, 0.2) is 0 Å². The van der Waals surface area contributed by atoms with Gasteiger partial charge >= 0.3 is 5.97 Å². The molecular weight excluding hydrogens is 390 g/mol. The first-order valence-electron chi connectivity index (χ1n) is 11.4. The number of carbonyl (C=O) groups is 1. The first-order chi connectivity index (χ1) is 13.4. The Morgan fingerprint density at radius 1 is 0.931 bits per heavy atom. The van der Waals surface area contributed by atoms with Gasteiger partial charge in [0.05, 0.1) is 25.9 Å². The van der Waals surface area contributed by atoms with Gasteiger partial charge in [0.2, 0.25) is 0 Å². The summed E-state index contributed by atoms with van der Waals surface area (Å²) in [4.78, 5) is 12.0. The fourth-order valence-corrected chi connectivity index (χ4v) is 4.49. The zero-order valence-corrected chi connectivity index (χ0v) is 20.3. The molecule has 0 fully saturated rings. The Morgan fingerprint density at radius 3 is 1.79 bits per heavy atom. The van der Waals surface area contributed by atoms with E-state index in [4.69, 9.17) is 4.55 Å². The largest absolute Gasteiger partial charge is 0.477 e. The van der Waals surface area contributed by atoms with E-state index in [0.29, 0.717) is 4.48 Å². The van der Waals surface area contributed by atoms with Crippen LogP contribution in [0.5, 0.6) is 0 Å². The smallest absolute Gasteiger partial charge is 0.365 e. The minimum atomic E-state index is -4.07. The lowest BCUT2D eigenvalue weighted by molar-refractivity contribution is -0.952. The molecule has 29 heavy (non-hydrogen) atoms. The summed E-state index contributed by atoms with van der Waals surface area (Å²) in [6.45, 7) is 6.01. The summed E-state index contributed by atoms with van der Waals surface area (Å²) in [5.41, 5.74) is -1.09. The van der Waals surface area contributed by atoms with E-state index < -0.39 is 27.4 Å². The Morgan fingerprint density at radius 2 is 1.38 bits per heavy atom. The molecule has 0 aliphatic carbocycles. The number of nitrogens with zero attached hydrogens (tertiary/aromatic N) is 1. The number of unbranched alkanes of at least 4 members (excludes halogenated alkanes) is 9. The lowest BCUT2D eigenvalue weighted by Gasteiger charge is -2.48. The predicted octanol–water partition coefficient (Wildman–Crippen LogP) is 5.27. The maximum absolute atomic E-state index is 12.0. The highest BCUT2D eigenvalue weighted by atomic mass is 32.2. The molecule has 6 nitrogen and oxygen atoms in total. The van der Waals surface area contributed by atoms with Gasteiger partial charge in [-0.1, -0.05) is 64.7 Å². The van der Waals surface area contributed by atoms with Crippen LogP contribution in [0.1, 0.15) is 104 Å². The second-order valence-corrected chi connectivity index (χ2v) is 10.9. The third-order valence-electron chi connectivity index (χ3n) is 6.88. The van der Waals surface area contributed by atoms with Crippen LogP contribution in [0.4, 0.5) is 0 Å².